The first-order valence-corrected chi connectivity index (χ1v) is 6.56. The Kier molecular flexibility index (Phi) is 4.94. The molecule has 0 amide bonds. The normalized spacial score (nSPS) is 10.6. The Morgan fingerprint density at radius 1 is 1.30 bits per heavy atom. The average Bonchev–Trinajstić information content (AvgIpc) is 2.43. The van der Waals surface area contributed by atoms with Gasteiger partial charge in [-0.05, 0) is 6.07 Å². The Morgan fingerprint density at radius 2 is 2.10 bits per heavy atom. The number of hydrogen-bond acceptors (Lipinski definition) is 6. The van der Waals surface area contributed by atoms with E-state index in [1.807, 2.05) is 0 Å². The van der Waals surface area contributed by atoms with Crippen LogP contribution in [-0.4, -0.2) is 35.4 Å². The van der Waals surface area contributed by atoms with E-state index in [4.69, 9.17) is 33.7 Å². The maximum Gasteiger partial charge on any atom is 0.242 e. The van der Waals surface area contributed by atoms with E-state index in [2.05, 4.69) is 20.5 Å². The lowest BCUT2D eigenvalue weighted by atomic mass is 10.1. The van der Waals surface area contributed by atoms with Crippen molar-refractivity contribution in [2.75, 3.05) is 31.3 Å². The highest BCUT2D eigenvalue weighted by atomic mass is 35.5. The van der Waals surface area contributed by atoms with Gasteiger partial charge in [0.05, 0.1) is 16.7 Å². The summed E-state index contributed by atoms with van der Waals surface area (Å²) in [6.45, 7) is 1.08. The summed E-state index contributed by atoms with van der Waals surface area (Å²) in [5.41, 5.74) is 6.69. The van der Waals surface area contributed by atoms with Crippen LogP contribution < -0.4 is 11.1 Å². The molecule has 0 unspecified atom stereocenters. The standard InChI is InChI=1S/C12H13Cl2N5O/c1-20-6-5-16-11-10(18-19-12(15)17-11)7-3-2-4-8(13)9(7)14/h2-4H,5-6H2,1H3,(H3,15,16,17,19). The first-order chi connectivity index (χ1) is 9.63. The summed E-state index contributed by atoms with van der Waals surface area (Å²) in [5, 5.41) is 11.7. The molecule has 1 heterocycles. The van der Waals surface area contributed by atoms with Crippen molar-refractivity contribution in [2.24, 2.45) is 0 Å². The molecule has 2 rings (SSSR count). The molecule has 3 N–H and O–H groups in total. The zero-order chi connectivity index (χ0) is 14.5. The van der Waals surface area contributed by atoms with Crippen LogP contribution in [0, 0.1) is 0 Å². The fourth-order valence-corrected chi connectivity index (χ4v) is 1.99. The number of benzene rings is 1. The number of aromatic nitrogens is 3. The highest BCUT2D eigenvalue weighted by Crippen LogP contribution is 2.34. The monoisotopic (exact) mass is 313 g/mol. The fourth-order valence-electron chi connectivity index (χ4n) is 1.60. The zero-order valence-corrected chi connectivity index (χ0v) is 12.2. The van der Waals surface area contributed by atoms with Crippen molar-refractivity contribution in [3.63, 3.8) is 0 Å². The Labute approximate surface area is 126 Å². The van der Waals surface area contributed by atoms with E-state index in [1.165, 1.54) is 0 Å². The second-order valence-corrected chi connectivity index (χ2v) is 4.67. The van der Waals surface area contributed by atoms with Gasteiger partial charge in [-0.3, -0.25) is 0 Å². The first-order valence-electron chi connectivity index (χ1n) is 5.81. The molecule has 0 saturated carbocycles. The third kappa shape index (κ3) is 3.27. The number of anilines is 2. The van der Waals surface area contributed by atoms with Gasteiger partial charge >= 0.3 is 0 Å². The van der Waals surface area contributed by atoms with Gasteiger partial charge in [-0.15, -0.1) is 10.2 Å². The molecule has 0 aliphatic heterocycles. The Balaban J connectivity index is 2.42. The van der Waals surface area contributed by atoms with E-state index in [-0.39, 0.29) is 5.95 Å². The van der Waals surface area contributed by atoms with Crippen LogP contribution >= 0.6 is 23.2 Å². The summed E-state index contributed by atoms with van der Waals surface area (Å²) >= 11 is 12.2. The van der Waals surface area contributed by atoms with E-state index in [9.17, 15) is 0 Å². The molecule has 0 aliphatic carbocycles. The van der Waals surface area contributed by atoms with Crippen LogP contribution in [0.5, 0.6) is 0 Å². The van der Waals surface area contributed by atoms with E-state index >= 15 is 0 Å². The summed E-state index contributed by atoms with van der Waals surface area (Å²) in [6.07, 6.45) is 0. The van der Waals surface area contributed by atoms with Crippen molar-refractivity contribution >= 4 is 35.0 Å². The molecular weight excluding hydrogens is 301 g/mol. The topological polar surface area (TPSA) is 86.0 Å². The van der Waals surface area contributed by atoms with Crippen molar-refractivity contribution < 1.29 is 4.74 Å². The second-order valence-electron chi connectivity index (χ2n) is 3.89. The van der Waals surface area contributed by atoms with E-state index in [0.29, 0.717) is 40.3 Å². The average molecular weight is 314 g/mol. The Hall–Kier alpha value is -1.63. The number of nitrogens with two attached hydrogens (primary N) is 1. The van der Waals surface area contributed by atoms with Gasteiger partial charge in [0.15, 0.2) is 5.82 Å². The molecule has 0 fully saturated rings. The number of rotatable bonds is 5. The van der Waals surface area contributed by atoms with Gasteiger partial charge in [0.25, 0.3) is 0 Å². The van der Waals surface area contributed by atoms with Crippen LogP contribution in [0.4, 0.5) is 11.8 Å². The molecule has 2 aromatic rings. The van der Waals surface area contributed by atoms with Gasteiger partial charge in [0.2, 0.25) is 5.95 Å². The zero-order valence-electron chi connectivity index (χ0n) is 10.7. The highest BCUT2D eigenvalue weighted by Gasteiger charge is 2.15. The third-order valence-corrected chi connectivity index (χ3v) is 3.33. The van der Waals surface area contributed by atoms with Crippen LogP contribution in [0.3, 0.4) is 0 Å². The molecule has 0 atom stereocenters. The summed E-state index contributed by atoms with van der Waals surface area (Å²) < 4.78 is 4.98. The van der Waals surface area contributed by atoms with Crippen molar-refractivity contribution in [3.05, 3.63) is 28.2 Å². The van der Waals surface area contributed by atoms with Crippen molar-refractivity contribution in [1.29, 1.82) is 0 Å². The van der Waals surface area contributed by atoms with Gasteiger partial charge in [-0.1, -0.05) is 35.3 Å². The number of halogens is 2. The van der Waals surface area contributed by atoms with Crippen molar-refractivity contribution in [1.82, 2.24) is 15.2 Å². The fraction of sp³-hybridized carbons (Fsp3) is 0.250. The SMILES string of the molecule is COCCNc1nc(N)nnc1-c1cccc(Cl)c1Cl. The molecule has 0 radical (unpaired) electrons. The quantitative estimate of drug-likeness (QED) is 0.825. The minimum absolute atomic E-state index is 0.0758. The molecule has 0 spiro atoms. The summed E-state index contributed by atoms with van der Waals surface area (Å²) in [7, 11) is 1.61. The first kappa shape index (κ1) is 14.8. The lowest BCUT2D eigenvalue weighted by molar-refractivity contribution is 0.210. The number of nitrogen functional groups attached to an aromatic ring is 1. The van der Waals surface area contributed by atoms with Crippen LogP contribution in [0.15, 0.2) is 18.2 Å². The Morgan fingerprint density at radius 3 is 2.85 bits per heavy atom. The Bertz CT molecular complexity index is 608. The molecular formula is C12H13Cl2N5O. The highest BCUT2D eigenvalue weighted by molar-refractivity contribution is 6.43. The number of ether oxygens (including phenoxy) is 1. The largest absolute Gasteiger partial charge is 0.383 e. The number of hydrogen-bond donors (Lipinski definition) is 2. The van der Waals surface area contributed by atoms with E-state index in [1.54, 1.807) is 25.3 Å². The van der Waals surface area contributed by atoms with Gasteiger partial charge in [0, 0.05) is 19.2 Å². The summed E-state index contributed by atoms with van der Waals surface area (Å²) in [4.78, 5) is 4.13. The van der Waals surface area contributed by atoms with Crippen LogP contribution in [0.1, 0.15) is 0 Å². The van der Waals surface area contributed by atoms with E-state index in [0.717, 1.165) is 0 Å². The lowest BCUT2D eigenvalue weighted by Gasteiger charge is -2.11. The van der Waals surface area contributed by atoms with Crippen molar-refractivity contribution in [3.8, 4) is 11.3 Å². The smallest absolute Gasteiger partial charge is 0.242 e. The molecule has 1 aromatic heterocycles. The molecule has 20 heavy (non-hydrogen) atoms. The molecule has 8 heteroatoms. The molecule has 106 valence electrons. The maximum absolute atomic E-state index is 6.19. The van der Waals surface area contributed by atoms with E-state index < -0.39 is 0 Å². The third-order valence-electron chi connectivity index (χ3n) is 2.51. The van der Waals surface area contributed by atoms with Crippen LogP contribution in [0.2, 0.25) is 10.0 Å². The number of nitrogens with zero attached hydrogens (tertiary/aromatic N) is 3. The van der Waals surface area contributed by atoms with Crippen molar-refractivity contribution in [2.45, 2.75) is 0 Å². The van der Waals surface area contributed by atoms with Crippen LogP contribution in [-0.2, 0) is 4.74 Å². The molecule has 0 bridgehead atoms. The molecule has 0 saturated heterocycles. The maximum atomic E-state index is 6.19. The molecule has 6 nitrogen and oxygen atoms in total. The number of nitrogens with one attached hydrogen (secondary N) is 1. The predicted octanol–water partition coefficient (Wildman–Crippen LogP) is 2.49. The minimum Gasteiger partial charge on any atom is -0.383 e. The molecule has 1 aromatic carbocycles. The van der Waals surface area contributed by atoms with Gasteiger partial charge < -0.3 is 15.8 Å². The number of methoxy groups -OCH3 is 1. The van der Waals surface area contributed by atoms with Gasteiger partial charge in [0.1, 0.15) is 5.69 Å². The van der Waals surface area contributed by atoms with Gasteiger partial charge in [-0.25, -0.2) is 0 Å². The van der Waals surface area contributed by atoms with Gasteiger partial charge in [-0.2, -0.15) is 4.98 Å². The summed E-state index contributed by atoms with van der Waals surface area (Å²) in [6, 6.07) is 5.27. The summed E-state index contributed by atoms with van der Waals surface area (Å²) in [5.74, 6) is 0.561. The second kappa shape index (κ2) is 6.69. The van der Waals surface area contributed by atoms with Crippen LogP contribution in [0.25, 0.3) is 11.3 Å². The minimum atomic E-state index is 0.0758. The predicted molar refractivity (Wildman–Crippen MR) is 80.1 cm³/mol. The lowest BCUT2D eigenvalue weighted by Crippen LogP contribution is -2.12. The molecule has 0 aliphatic rings.